The van der Waals surface area contributed by atoms with E-state index in [1.807, 2.05) is 32.3 Å². The van der Waals surface area contributed by atoms with Crippen molar-refractivity contribution >= 4 is 5.82 Å². The van der Waals surface area contributed by atoms with Crippen molar-refractivity contribution in [2.24, 2.45) is 0 Å². The van der Waals surface area contributed by atoms with Crippen molar-refractivity contribution in [1.82, 2.24) is 14.9 Å². The van der Waals surface area contributed by atoms with Crippen molar-refractivity contribution in [3.8, 4) is 11.4 Å². The Bertz CT molecular complexity index is 792. The summed E-state index contributed by atoms with van der Waals surface area (Å²) >= 11 is 0. The van der Waals surface area contributed by atoms with Crippen molar-refractivity contribution < 1.29 is 5.11 Å². The van der Waals surface area contributed by atoms with Gasteiger partial charge in [-0.3, -0.25) is 0 Å². The lowest BCUT2D eigenvalue weighted by Crippen LogP contribution is -2.41. The molecule has 1 aliphatic carbocycles. The van der Waals surface area contributed by atoms with Gasteiger partial charge in [-0.2, -0.15) is 0 Å². The summed E-state index contributed by atoms with van der Waals surface area (Å²) in [6, 6.07) is 10.3. The van der Waals surface area contributed by atoms with Crippen molar-refractivity contribution in [2.45, 2.75) is 44.1 Å². The van der Waals surface area contributed by atoms with Crippen LogP contribution in [0.1, 0.15) is 36.9 Å². The molecule has 0 bridgehead atoms. The van der Waals surface area contributed by atoms with Gasteiger partial charge < -0.3 is 14.9 Å². The van der Waals surface area contributed by atoms with E-state index in [1.54, 1.807) is 0 Å². The van der Waals surface area contributed by atoms with Crippen LogP contribution in [-0.2, 0) is 12.8 Å². The standard InChI is InChI=1S/C22H30N4O/c1-25(2)16-22(27)12-7-14-26(15-13-22)21-18-10-6-11-19(18)23-20(24-21)17-8-4-3-5-9-17/h3-5,8-9,27H,6-7,10-16H2,1-2H3. The minimum absolute atomic E-state index is 0.600. The molecule has 1 fully saturated rings. The molecule has 2 aromatic rings. The van der Waals surface area contributed by atoms with Crippen molar-refractivity contribution in [1.29, 1.82) is 0 Å². The van der Waals surface area contributed by atoms with Gasteiger partial charge in [-0.05, 0) is 52.6 Å². The van der Waals surface area contributed by atoms with E-state index in [1.165, 1.54) is 11.3 Å². The van der Waals surface area contributed by atoms with Gasteiger partial charge in [0, 0.05) is 36.5 Å². The summed E-state index contributed by atoms with van der Waals surface area (Å²) in [6.45, 7) is 2.52. The van der Waals surface area contributed by atoms with Crippen LogP contribution in [0.25, 0.3) is 11.4 Å². The third-order valence-corrected chi connectivity index (χ3v) is 5.77. The number of aromatic nitrogens is 2. The number of hydrogen-bond donors (Lipinski definition) is 1. The highest BCUT2D eigenvalue weighted by Gasteiger charge is 2.32. The molecule has 2 aliphatic rings. The molecule has 2 heterocycles. The fourth-order valence-electron chi connectivity index (χ4n) is 4.53. The van der Waals surface area contributed by atoms with Crippen molar-refractivity contribution in [3.63, 3.8) is 0 Å². The minimum atomic E-state index is -0.600. The molecule has 144 valence electrons. The first-order valence-corrected chi connectivity index (χ1v) is 10.1. The molecule has 1 aliphatic heterocycles. The number of aliphatic hydroxyl groups is 1. The average Bonchev–Trinajstić information content (AvgIpc) is 3.04. The number of benzene rings is 1. The van der Waals surface area contributed by atoms with Gasteiger partial charge in [0.25, 0.3) is 0 Å². The van der Waals surface area contributed by atoms with Crippen LogP contribution < -0.4 is 4.90 Å². The molecule has 27 heavy (non-hydrogen) atoms. The van der Waals surface area contributed by atoms with E-state index >= 15 is 0 Å². The minimum Gasteiger partial charge on any atom is -0.388 e. The first-order chi connectivity index (χ1) is 13.0. The third-order valence-electron chi connectivity index (χ3n) is 5.77. The Morgan fingerprint density at radius 2 is 1.85 bits per heavy atom. The average molecular weight is 367 g/mol. The molecular weight excluding hydrogens is 336 g/mol. The highest BCUT2D eigenvalue weighted by molar-refractivity contribution is 5.61. The summed E-state index contributed by atoms with van der Waals surface area (Å²) in [5.74, 6) is 1.93. The number of rotatable bonds is 4. The Morgan fingerprint density at radius 3 is 2.63 bits per heavy atom. The molecule has 1 atom stereocenters. The zero-order valence-corrected chi connectivity index (χ0v) is 16.5. The summed E-state index contributed by atoms with van der Waals surface area (Å²) in [7, 11) is 4.06. The molecular formula is C22H30N4O. The summed E-state index contributed by atoms with van der Waals surface area (Å²) in [6.07, 6.45) is 5.89. The molecule has 1 aromatic heterocycles. The first-order valence-electron chi connectivity index (χ1n) is 10.1. The molecule has 4 rings (SSSR count). The van der Waals surface area contributed by atoms with Gasteiger partial charge in [-0.15, -0.1) is 0 Å². The lowest BCUT2D eigenvalue weighted by atomic mass is 9.94. The van der Waals surface area contributed by atoms with Crippen molar-refractivity contribution in [3.05, 3.63) is 41.6 Å². The topological polar surface area (TPSA) is 52.5 Å². The maximum Gasteiger partial charge on any atom is 0.161 e. The van der Waals surface area contributed by atoms with Crippen LogP contribution in [0.5, 0.6) is 0 Å². The summed E-state index contributed by atoms with van der Waals surface area (Å²) in [4.78, 5) is 14.4. The Hall–Kier alpha value is -1.98. The molecule has 0 radical (unpaired) electrons. The van der Waals surface area contributed by atoms with Crippen LogP contribution in [-0.4, -0.2) is 59.3 Å². The second kappa shape index (κ2) is 7.56. The van der Waals surface area contributed by atoms with E-state index in [0.717, 1.165) is 75.4 Å². The van der Waals surface area contributed by atoms with E-state index in [0.29, 0.717) is 0 Å². The largest absolute Gasteiger partial charge is 0.388 e. The number of fused-ring (bicyclic) bond motifs is 1. The number of aryl methyl sites for hydroxylation is 1. The van der Waals surface area contributed by atoms with E-state index < -0.39 is 5.60 Å². The SMILES string of the molecule is CN(C)CC1(O)CCCN(c2nc(-c3ccccc3)nc3c2CCC3)CC1. The Morgan fingerprint density at radius 1 is 1.04 bits per heavy atom. The maximum atomic E-state index is 11.0. The smallest absolute Gasteiger partial charge is 0.161 e. The fraction of sp³-hybridized carbons (Fsp3) is 0.545. The molecule has 1 unspecified atom stereocenters. The molecule has 1 saturated heterocycles. The van der Waals surface area contributed by atoms with Crippen LogP contribution >= 0.6 is 0 Å². The molecule has 0 amide bonds. The lowest BCUT2D eigenvalue weighted by Gasteiger charge is -2.30. The quantitative estimate of drug-likeness (QED) is 0.902. The molecule has 1 N–H and O–H groups in total. The lowest BCUT2D eigenvalue weighted by molar-refractivity contribution is 0.00537. The zero-order chi connectivity index (χ0) is 18.9. The fourth-order valence-corrected chi connectivity index (χ4v) is 4.53. The van der Waals surface area contributed by atoms with E-state index in [2.05, 4.69) is 21.9 Å². The first kappa shape index (κ1) is 18.4. The van der Waals surface area contributed by atoms with E-state index in [4.69, 9.17) is 9.97 Å². The van der Waals surface area contributed by atoms with Crippen LogP contribution in [0.4, 0.5) is 5.82 Å². The number of nitrogens with zero attached hydrogens (tertiary/aromatic N) is 4. The molecule has 5 heteroatoms. The van der Waals surface area contributed by atoms with Gasteiger partial charge in [0.2, 0.25) is 0 Å². The van der Waals surface area contributed by atoms with E-state index in [-0.39, 0.29) is 0 Å². The number of anilines is 1. The van der Waals surface area contributed by atoms with Crippen LogP contribution in [0, 0.1) is 0 Å². The summed E-state index contributed by atoms with van der Waals surface area (Å²) < 4.78 is 0. The van der Waals surface area contributed by atoms with Gasteiger partial charge >= 0.3 is 0 Å². The predicted octanol–water partition coefficient (Wildman–Crippen LogP) is 2.92. The Labute approximate surface area is 162 Å². The highest BCUT2D eigenvalue weighted by atomic mass is 16.3. The summed E-state index contributed by atoms with van der Waals surface area (Å²) in [5.41, 5.74) is 3.02. The summed E-state index contributed by atoms with van der Waals surface area (Å²) in [5, 5.41) is 11.0. The van der Waals surface area contributed by atoms with Gasteiger partial charge in [0.05, 0.1) is 5.60 Å². The van der Waals surface area contributed by atoms with Gasteiger partial charge in [0.1, 0.15) is 5.82 Å². The monoisotopic (exact) mass is 366 g/mol. The number of likely N-dealkylation sites (N-methyl/N-ethyl adjacent to an activating group) is 1. The van der Waals surface area contributed by atoms with Gasteiger partial charge in [0.15, 0.2) is 5.82 Å². The number of hydrogen-bond acceptors (Lipinski definition) is 5. The second-order valence-corrected chi connectivity index (χ2v) is 8.32. The molecule has 0 saturated carbocycles. The van der Waals surface area contributed by atoms with Crippen molar-refractivity contribution in [2.75, 3.05) is 38.6 Å². The van der Waals surface area contributed by atoms with Crippen LogP contribution in [0.2, 0.25) is 0 Å². The maximum absolute atomic E-state index is 11.0. The van der Waals surface area contributed by atoms with Crippen LogP contribution in [0.15, 0.2) is 30.3 Å². The normalized spacial score (nSPS) is 22.7. The predicted molar refractivity (Wildman–Crippen MR) is 109 cm³/mol. The molecule has 1 aromatic carbocycles. The molecule has 0 spiro atoms. The van der Waals surface area contributed by atoms with Gasteiger partial charge in [-0.25, -0.2) is 9.97 Å². The second-order valence-electron chi connectivity index (χ2n) is 8.32. The highest BCUT2D eigenvalue weighted by Crippen LogP contribution is 2.33. The zero-order valence-electron chi connectivity index (χ0n) is 16.5. The Kier molecular flexibility index (Phi) is 5.15. The van der Waals surface area contributed by atoms with Gasteiger partial charge in [-0.1, -0.05) is 30.3 Å². The van der Waals surface area contributed by atoms with E-state index in [9.17, 15) is 5.11 Å². The Balaban J connectivity index is 1.64. The van der Waals surface area contributed by atoms with Crippen LogP contribution in [0.3, 0.4) is 0 Å². The molecule has 5 nitrogen and oxygen atoms in total. The third kappa shape index (κ3) is 3.99.